The molecular weight excluding hydrogens is 247 g/mol. The molecule has 0 fully saturated rings. The van der Waals surface area contributed by atoms with Crippen LogP contribution in [-0.4, -0.2) is 24.7 Å². The fraction of sp³-hybridized carbons (Fsp3) is 0.364. The highest BCUT2D eigenvalue weighted by Crippen LogP contribution is 2.21. The van der Waals surface area contributed by atoms with Gasteiger partial charge in [-0.2, -0.15) is 0 Å². The molecule has 1 aromatic carbocycles. The van der Waals surface area contributed by atoms with Crippen molar-refractivity contribution in [1.82, 2.24) is 0 Å². The van der Waals surface area contributed by atoms with Crippen LogP contribution in [0.15, 0.2) is 29.2 Å². The largest absolute Gasteiger partial charge is 0.481 e. The molecule has 0 aromatic heterocycles. The third-order valence-electron chi connectivity index (χ3n) is 2.73. The van der Waals surface area contributed by atoms with Crippen molar-refractivity contribution in [3.05, 3.63) is 30.1 Å². The van der Waals surface area contributed by atoms with Gasteiger partial charge in [-0.1, -0.05) is 6.92 Å². The van der Waals surface area contributed by atoms with Crippen molar-refractivity contribution >= 4 is 15.8 Å². The molecule has 1 N–H and O–H groups in total. The number of rotatable bonds is 4. The quantitative estimate of drug-likeness (QED) is 0.836. The van der Waals surface area contributed by atoms with Crippen molar-refractivity contribution in [2.45, 2.75) is 24.0 Å². The molecule has 6 heteroatoms. The van der Waals surface area contributed by atoms with E-state index in [0.29, 0.717) is 0 Å². The third-order valence-corrected chi connectivity index (χ3v) is 5.04. The number of hydrogen-bond acceptors (Lipinski definition) is 3. The van der Waals surface area contributed by atoms with Crippen LogP contribution in [0.5, 0.6) is 0 Å². The average Bonchev–Trinajstić information content (AvgIpc) is 2.27. The number of halogens is 1. The second-order valence-corrected chi connectivity index (χ2v) is 6.14. The van der Waals surface area contributed by atoms with Crippen LogP contribution >= 0.6 is 0 Å². The zero-order valence-corrected chi connectivity index (χ0v) is 10.2. The standard InChI is InChI=1S/C11H13FO4S/c1-7(11(13)14)8(2)17(15,16)10-5-3-9(12)4-6-10/h3-8H,1-2H3,(H,13,14). The molecule has 0 aliphatic rings. The Morgan fingerprint density at radius 2 is 1.71 bits per heavy atom. The monoisotopic (exact) mass is 260 g/mol. The summed E-state index contributed by atoms with van der Waals surface area (Å²) in [7, 11) is -3.75. The van der Waals surface area contributed by atoms with Crippen molar-refractivity contribution in [3.63, 3.8) is 0 Å². The zero-order chi connectivity index (χ0) is 13.2. The summed E-state index contributed by atoms with van der Waals surface area (Å²) in [5.41, 5.74) is 0. The van der Waals surface area contributed by atoms with Gasteiger partial charge in [-0.15, -0.1) is 0 Å². The van der Waals surface area contributed by atoms with Crippen molar-refractivity contribution in [3.8, 4) is 0 Å². The second-order valence-electron chi connectivity index (χ2n) is 3.83. The number of aliphatic carboxylic acids is 1. The normalized spacial score (nSPS) is 15.2. The van der Waals surface area contributed by atoms with Crippen molar-refractivity contribution in [1.29, 1.82) is 0 Å². The van der Waals surface area contributed by atoms with E-state index in [4.69, 9.17) is 5.11 Å². The van der Waals surface area contributed by atoms with E-state index in [1.165, 1.54) is 13.8 Å². The van der Waals surface area contributed by atoms with Gasteiger partial charge in [-0.05, 0) is 31.2 Å². The first-order valence-electron chi connectivity index (χ1n) is 4.99. The Labute approximate surface area is 99.0 Å². The fourth-order valence-corrected chi connectivity index (χ4v) is 2.91. The smallest absolute Gasteiger partial charge is 0.307 e. The summed E-state index contributed by atoms with van der Waals surface area (Å²) in [6, 6.07) is 4.33. The Morgan fingerprint density at radius 1 is 1.24 bits per heavy atom. The Kier molecular flexibility index (Phi) is 3.87. The zero-order valence-electron chi connectivity index (χ0n) is 9.42. The molecule has 0 saturated heterocycles. The van der Waals surface area contributed by atoms with Gasteiger partial charge in [0.2, 0.25) is 0 Å². The number of sulfone groups is 1. The Balaban J connectivity index is 3.11. The summed E-state index contributed by atoms with van der Waals surface area (Å²) in [4.78, 5) is 10.7. The molecule has 0 aliphatic heterocycles. The predicted octanol–water partition coefficient (Wildman–Crippen LogP) is 1.71. The summed E-state index contributed by atoms with van der Waals surface area (Å²) in [6.07, 6.45) is 0. The topological polar surface area (TPSA) is 71.4 Å². The lowest BCUT2D eigenvalue weighted by Crippen LogP contribution is -2.30. The van der Waals surface area contributed by atoms with E-state index in [1.54, 1.807) is 0 Å². The van der Waals surface area contributed by atoms with E-state index in [2.05, 4.69) is 0 Å². The van der Waals surface area contributed by atoms with E-state index in [0.717, 1.165) is 24.3 Å². The summed E-state index contributed by atoms with van der Waals surface area (Å²) < 4.78 is 36.7. The Hall–Kier alpha value is -1.43. The molecule has 0 aliphatic carbocycles. The molecule has 17 heavy (non-hydrogen) atoms. The molecule has 0 saturated carbocycles. The molecule has 1 aromatic rings. The molecule has 0 heterocycles. The molecule has 0 radical (unpaired) electrons. The summed E-state index contributed by atoms with van der Waals surface area (Å²) >= 11 is 0. The van der Waals surface area contributed by atoms with E-state index in [1.807, 2.05) is 0 Å². The second kappa shape index (κ2) is 4.83. The maximum atomic E-state index is 12.7. The highest BCUT2D eigenvalue weighted by molar-refractivity contribution is 7.92. The molecule has 0 amide bonds. The van der Waals surface area contributed by atoms with Gasteiger partial charge in [0, 0.05) is 0 Å². The van der Waals surface area contributed by atoms with Gasteiger partial charge >= 0.3 is 5.97 Å². The van der Waals surface area contributed by atoms with E-state index in [-0.39, 0.29) is 4.90 Å². The summed E-state index contributed by atoms with van der Waals surface area (Å²) in [5, 5.41) is 7.72. The highest BCUT2D eigenvalue weighted by atomic mass is 32.2. The van der Waals surface area contributed by atoms with Gasteiger partial charge in [0.1, 0.15) is 5.82 Å². The van der Waals surface area contributed by atoms with Crippen LogP contribution in [-0.2, 0) is 14.6 Å². The summed E-state index contributed by atoms with van der Waals surface area (Å²) in [6.45, 7) is 2.66. The molecule has 1 rings (SSSR count). The predicted molar refractivity (Wildman–Crippen MR) is 59.8 cm³/mol. The van der Waals surface area contributed by atoms with Crippen molar-refractivity contribution < 1.29 is 22.7 Å². The molecule has 4 nitrogen and oxygen atoms in total. The maximum Gasteiger partial charge on any atom is 0.307 e. The lowest BCUT2D eigenvalue weighted by atomic mass is 10.1. The lowest BCUT2D eigenvalue weighted by molar-refractivity contribution is -0.141. The van der Waals surface area contributed by atoms with Crippen LogP contribution in [0.4, 0.5) is 4.39 Å². The molecule has 2 unspecified atom stereocenters. The van der Waals surface area contributed by atoms with Crippen LogP contribution in [0.1, 0.15) is 13.8 Å². The van der Waals surface area contributed by atoms with E-state index < -0.39 is 32.8 Å². The van der Waals surface area contributed by atoms with Crippen LogP contribution in [0.2, 0.25) is 0 Å². The first-order chi connectivity index (χ1) is 7.76. The highest BCUT2D eigenvalue weighted by Gasteiger charge is 2.32. The van der Waals surface area contributed by atoms with Gasteiger partial charge < -0.3 is 5.11 Å². The average molecular weight is 260 g/mol. The molecule has 94 valence electrons. The molecular formula is C11H13FO4S. The van der Waals surface area contributed by atoms with Crippen LogP contribution in [0.25, 0.3) is 0 Å². The maximum absolute atomic E-state index is 12.7. The van der Waals surface area contributed by atoms with Crippen LogP contribution in [0.3, 0.4) is 0 Å². The first-order valence-corrected chi connectivity index (χ1v) is 6.53. The number of benzene rings is 1. The Bertz CT molecular complexity index is 507. The summed E-state index contributed by atoms with van der Waals surface area (Å²) in [5.74, 6) is -2.74. The van der Waals surface area contributed by atoms with Crippen LogP contribution < -0.4 is 0 Å². The van der Waals surface area contributed by atoms with Gasteiger partial charge in [0.25, 0.3) is 0 Å². The SMILES string of the molecule is CC(C(=O)O)C(C)S(=O)(=O)c1ccc(F)cc1. The van der Waals surface area contributed by atoms with E-state index >= 15 is 0 Å². The Morgan fingerprint density at radius 3 is 2.12 bits per heavy atom. The third kappa shape index (κ3) is 2.82. The fourth-order valence-electron chi connectivity index (χ4n) is 1.31. The lowest BCUT2D eigenvalue weighted by Gasteiger charge is -2.16. The van der Waals surface area contributed by atoms with E-state index in [9.17, 15) is 17.6 Å². The number of hydrogen-bond donors (Lipinski definition) is 1. The molecule has 0 spiro atoms. The number of carbonyl (C=O) groups is 1. The minimum absolute atomic E-state index is 0.0699. The number of carboxylic acid groups (broad SMARTS) is 1. The van der Waals surface area contributed by atoms with Gasteiger partial charge in [0.05, 0.1) is 16.1 Å². The van der Waals surface area contributed by atoms with Gasteiger partial charge in [0.15, 0.2) is 9.84 Å². The van der Waals surface area contributed by atoms with Crippen molar-refractivity contribution in [2.24, 2.45) is 5.92 Å². The number of carboxylic acids is 1. The van der Waals surface area contributed by atoms with Gasteiger partial charge in [-0.3, -0.25) is 4.79 Å². The van der Waals surface area contributed by atoms with Crippen molar-refractivity contribution in [2.75, 3.05) is 0 Å². The van der Waals surface area contributed by atoms with Crippen LogP contribution in [0, 0.1) is 11.7 Å². The minimum atomic E-state index is -3.75. The molecule has 0 bridgehead atoms. The minimum Gasteiger partial charge on any atom is -0.481 e. The van der Waals surface area contributed by atoms with Gasteiger partial charge in [-0.25, -0.2) is 12.8 Å². The molecule has 2 atom stereocenters. The first kappa shape index (κ1) is 13.6.